The Morgan fingerprint density at radius 3 is 2.27 bits per heavy atom. The molecule has 1 N–H and O–H groups in total. The standard InChI is InChI=1S/C19H23NO2/c1-13-5-6-14(2)16(11-13)12-18(19(21)22)15-7-9-17(10-8-15)20(3)4/h5-11,18H,12H2,1-4H3,(H,21,22). The number of carboxylic acids is 1. The number of benzene rings is 2. The van der Waals surface area contributed by atoms with Crippen molar-refractivity contribution in [2.75, 3.05) is 19.0 Å². The maximum absolute atomic E-state index is 11.7. The van der Waals surface area contributed by atoms with Gasteiger partial charge in [0.2, 0.25) is 0 Å². The molecular formula is C19H23NO2. The number of aliphatic carboxylic acids is 1. The maximum Gasteiger partial charge on any atom is 0.311 e. The average molecular weight is 297 g/mol. The van der Waals surface area contributed by atoms with Crippen LogP contribution < -0.4 is 4.90 Å². The Labute approximate surface area is 132 Å². The molecule has 1 atom stereocenters. The van der Waals surface area contributed by atoms with Gasteiger partial charge >= 0.3 is 5.97 Å². The first-order valence-electron chi connectivity index (χ1n) is 7.44. The average Bonchev–Trinajstić information content (AvgIpc) is 2.48. The number of hydrogen-bond acceptors (Lipinski definition) is 2. The maximum atomic E-state index is 11.7. The van der Waals surface area contributed by atoms with Crippen LogP contribution in [0.2, 0.25) is 0 Å². The number of carboxylic acid groups (broad SMARTS) is 1. The van der Waals surface area contributed by atoms with Gasteiger partial charge in [0, 0.05) is 19.8 Å². The summed E-state index contributed by atoms with van der Waals surface area (Å²) < 4.78 is 0. The normalized spacial score (nSPS) is 12.0. The third-order valence-corrected chi connectivity index (χ3v) is 4.04. The van der Waals surface area contributed by atoms with E-state index < -0.39 is 11.9 Å². The molecule has 0 heterocycles. The fourth-order valence-corrected chi connectivity index (χ4v) is 2.59. The summed E-state index contributed by atoms with van der Waals surface area (Å²) in [5, 5.41) is 9.62. The second kappa shape index (κ2) is 6.65. The molecule has 1 unspecified atom stereocenters. The highest BCUT2D eigenvalue weighted by molar-refractivity contribution is 5.77. The molecule has 0 amide bonds. The minimum Gasteiger partial charge on any atom is -0.481 e. The van der Waals surface area contributed by atoms with Crippen LogP contribution >= 0.6 is 0 Å². The second-order valence-corrected chi connectivity index (χ2v) is 6.01. The molecule has 0 spiro atoms. The first-order valence-corrected chi connectivity index (χ1v) is 7.44. The van der Waals surface area contributed by atoms with Crippen LogP contribution in [0.4, 0.5) is 5.69 Å². The van der Waals surface area contributed by atoms with E-state index in [9.17, 15) is 9.90 Å². The summed E-state index contributed by atoms with van der Waals surface area (Å²) in [6.45, 7) is 4.06. The van der Waals surface area contributed by atoms with Gasteiger partial charge in [-0.05, 0) is 49.1 Å². The SMILES string of the molecule is Cc1ccc(C)c(CC(C(=O)O)c2ccc(N(C)C)cc2)c1. The van der Waals surface area contributed by atoms with Crippen molar-refractivity contribution in [1.82, 2.24) is 0 Å². The molecule has 0 aliphatic rings. The summed E-state index contributed by atoms with van der Waals surface area (Å²) in [6.07, 6.45) is 0.518. The molecule has 0 aliphatic heterocycles. The summed E-state index contributed by atoms with van der Waals surface area (Å²) in [6, 6.07) is 14.0. The molecule has 3 heteroatoms. The van der Waals surface area contributed by atoms with E-state index >= 15 is 0 Å². The van der Waals surface area contributed by atoms with Crippen molar-refractivity contribution in [1.29, 1.82) is 0 Å². The van der Waals surface area contributed by atoms with Crippen LogP contribution in [0, 0.1) is 13.8 Å². The van der Waals surface area contributed by atoms with Crippen LogP contribution in [0.25, 0.3) is 0 Å². The van der Waals surface area contributed by atoms with Gasteiger partial charge in [-0.25, -0.2) is 0 Å². The largest absolute Gasteiger partial charge is 0.481 e. The van der Waals surface area contributed by atoms with Gasteiger partial charge < -0.3 is 10.0 Å². The van der Waals surface area contributed by atoms with E-state index in [4.69, 9.17) is 0 Å². The Hall–Kier alpha value is -2.29. The van der Waals surface area contributed by atoms with Crippen molar-refractivity contribution < 1.29 is 9.90 Å². The first kappa shape index (κ1) is 16.1. The number of nitrogens with zero attached hydrogens (tertiary/aromatic N) is 1. The van der Waals surface area contributed by atoms with Gasteiger partial charge in [0.25, 0.3) is 0 Å². The first-order chi connectivity index (χ1) is 10.4. The molecule has 0 saturated carbocycles. The zero-order chi connectivity index (χ0) is 16.3. The van der Waals surface area contributed by atoms with E-state index in [1.54, 1.807) is 0 Å². The summed E-state index contributed by atoms with van der Waals surface area (Å²) in [5.74, 6) is -1.30. The monoisotopic (exact) mass is 297 g/mol. The Morgan fingerprint density at radius 1 is 1.09 bits per heavy atom. The van der Waals surface area contributed by atoms with Gasteiger partial charge in [0.05, 0.1) is 5.92 Å². The predicted octanol–water partition coefficient (Wildman–Crippen LogP) is 3.78. The molecule has 0 saturated heterocycles. The van der Waals surface area contributed by atoms with E-state index in [0.29, 0.717) is 6.42 Å². The van der Waals surface area contributed by atoms with Crippen LogP contribution in [0.15, 0.2) is 42.5 Å². The molecule has 3 nitrogen and oxygen atoms in total. The fraction of sp³-hybridized carbons (Fsp3) is 0.316. The summed E-state index contributed by atoms with van der Waals surface area (Å²) in [5.41, 5.74) is 5.32. The van der Waals surface area contributed by atoms with Crippen LogP contribution in [0.1, 0.15) is 28.2 Å². The highest BCUT2D eigenvalue weighted by Gasteiger charge is 2.21. The van der Waals surface area contributed by atoms with E-state index in [1.807, 2.05) is 57.1 Å². The van der Waals surface area contributed by atoms with Crippen LogP contribution in [-0.2, 0) is 11.2 Å². The number of rotatable bonds is 5. The molecule has 0 bridgehead atoms. The van der Waals surface area contributed by atoms with Gasteiger partial charge in [-0.15, -0.1) is 0 Å². The number of carbonyl (C=O) groups is 1. The lowest BCUT2D eigenvalue weighted by atomic mass is 9.89. The summed E-state index contributed by atoms with van der Waals surface area (Å²) >= 11 is 0. The van der Waals surface area contributed by atoms with Crippen molar-refractivity contribution in [3.63, 3.8) is 0 Å². The molecule has 2 rings (SSSR count). The lowest BCUT2D eigenvalue weighted by Crippen LogP contribution is -2.15. The van der Waals surface area contributed by atoms with E-state index in [2.05, 4.69) is 18.2 Å². The summed E-state index contributed by atoms with van der Waals surface area (Å²) in [4.78, 5) is 13.7. The topological polar surface area (TPSA) is 40.5 Å². The van der Waals surface area contributed by atoms with Gasteiger partial charge in [0.15, 0.2) is 0 Å². The van der Waals surface area contributed by atoms with Gasteiger partial charge in [-0.2, -0.15) is 0 Å². The molecule has 0 aromatic heterocycles. The Morgan fingerprint density at radius 2 is 1.73 bits per heavy atom. The lowest BCUT2D eigenvalue weighted by molar-refractivity contribution is -0.138. The van der Waals surface area contributed by atoms with Crippen LogP contribution in [0.5, 0.6) is 0 Å². The van der Waals surface area contributed by atoms with Crippen molar-refractivity contribution in [3.05, 3.63) is 64.7 Å². The van der Waals surface area contributed by atoms with Crippen molar-refractivity contribution in [2.45, 2.75) is 26.2 Å². The van der Waals surface area contributed by atoms with E-state index in [-0.39, 0.29) is 0 Å². The number of hydrogen-bond donors (Lipinski definition) is 1. The second-order valence-electron chi connectivity index (χ2n) is 6.01. The quantitative estimate of drug-likeness (QED) is 0.913. The molecular weight excluding hydrogens is 274 g/mol. The lowest BCUT2D eigenvalue weighted by Gasteiger charge is -2.17. The Bertz CT molecular complexity index is 660. The predicted molar refractivity (Wildman–Crippen MR) is 90.8 cm³/mol. The van der Waals surface area contributed by atoms with Gasteiger partial charge in [-0.3, -0.25) is 4.79 Å². The molecule has 2 aromatic carbocycles. The third-order valence-electron chi connectivity index (χ3n) is 4.04. The molecule has 0 radical (unpaired) electrons. The fourth-order valence-electron chi connectivity index (χ4n) is 2.59. The molecule has 0 aliphatic carbocycles. The third kappa shape index (κ3) is 3.67. The van der Waals surface area contributed by atoms with Crippen molar-refractivity contribution in [3.8, 4) is 0 Å². The van der Waals surface area contributed by atoms with E-state index in [1.165, 1.54) is 0 Å². The van der Waals surface area contributed by atoms with Gasteiger partial charge in [-0.1, -0.05) is 35.9 Å². The molecule has 2 aromatic rings. The molecule has 0 fully saturated rings. The van der Waals surface area contributed by atoms with Crippen molar-refractivity contribution >= 4 is 11.7 Å². The highest BCUT2D eigenvalue weighted by Crippen LogP contribution is 2.25. The van der Waals surface area contributed by atoms with Crippen LogP contribution in [-0.4, -0.2) is 25.2 Å². The Kier molecular flexibility index (Phi) is 4.86. The van der Waals surface area contributed by atoms with Crippen LogP contribution in [0.3, 0.4) is 0 Å². The molecule has 116 valence electrons. The minimum absolute atomic E-state index is 0.517. The zero-order valence-corrected chi connectivity index (χ0v) is 13.6. The number of aryl methyl sites for hydroxylation is 2. The van der Waals surface area contributed by atoms with Crippen molar-refractivity contribution in [2.24, 2.45) is 0 Å². The Balaban J connectivity index is 2.30. The van der Waals surface area contributed by atoms with E-state index in [0.717, 1.165) is 27.9 Å². The highest BCUT2D eigenvalue weighted by atomic mass is 16.4. The smallest absolute Gasteiger partial charge is 0.311 e. The summed E-state index contributed by atoms with van der Waals surface area (Å²) in [7, 11) is 3.94. The number of anilines is 1. The molecule has 22 heavy (non-hydrogen) atoms. The minimum atomic E-state index is -0.779. The van der Waals surface area contributed by atoms with Gasteiger partial charge in [0.1, 0.15) is 0 Å². The zero-order valence-electron chi connectivity index (χ0n) is 13.6.